The number of nitrogens with zero attached hydrogens (tertiary/aromatic N) is 2. The van der Waals surface area contributed by atoms with E-state index in [0.29, 0.717) is 47.4 Å². The van der Waals surface area contributed by atoms with Crippen LogP contribution in [0, 0.1) is 12.8 Å². The number of ether oxygens (including phenoxy) is 4. The van der Waals surface area contributed by atoms with Crippen molar-refractivity contribution in [1.82, 2.24) is 8.87 Å². The minimum Gasteiger partial charge on any atom is -0.495 e. The highest BCUT2D eigenvalue weighted by Crippen LogP contribution is 2.43. The predicted molar refractivity (Wildman–Crippen MR) is 161 cm³/mol. The van der Waals surface area contributed by atoms with E-state index in [2.05, 4.69) is 0 Å². The van der Waals surface area contributed by atoms with Gasteiger partial charge < -0.3 is 18.9 Å². The molecule has 5 rings (SSSR count). The van der Waals surface area contributed by atoms with Crippen molar-refractivity contribution in [1.29, 1.82) is 0 Å². The third-order valence-electron chi connectivity index (χ3n) is 7.94. The van der Waals surface area contributed by atoms with Gasteiger partial charge in [0.1, 0.15) is 16.2 Å². The molecule has 1 aliphatic carbocycles. The van der Waals surface area contributed by atoms with Crippen LogP contribution in [0.3, 0.4) is 0 Å². The average molecular weight is 613 g/mol. The summed E-state index contributed by atoms with van der Waals surface area (Å²) in [4.78, 5) is 25.2. The molecule has 0 radical (unpaired) electrons. The summed E-state index contributed by atoms with van der Waals surface area (Å²) in [6.07, 6.45) is 4.15. The first-order valence-corrected chi connectivity index (χ1v) is 16.0. The highest BCUT2D eigenvalue weighted by atomic mass is 32.2. The topological polar surface area (TPSA) is 113 Å². The number of hydrogen-bond donors (Lipinski definition) is 0. The first-order chi connectivity index (χ1) is 20.3. The van der Waals surface area contributed by atoms with Crippen molar-refractivity contribution in [2.24, 2.45) is 5.92 Å². The highest BCUT2D eigenvalue weighted by molar-refractivity contribution is 7.89. The number of aryl methyl sites for hydroxylation is 1. The second-order valence-electron chi connectivity index (χ2n) is 12.3. The Balaban J connectivity index is 1.58. The Hall–Kier alpha value is -3.41. The zero-order valence-corrected chi connectivity index (χ0v) is 26.4. The van der Waals surface area contributed by atoms with Gasteiger partial charge in [-0.2, -0.15) is 4.31 Å². The van der Waals surface area contributed by atoms with Crippen LogP contribution in [-0.4, -0.2) is 68.4 Å². The third kappa shape index (κ3) is 6.44. The molecule has 0 amide bonds. The van der Waals surface area contributed by atoms with Gasteiger partial charge in [-0.15, -0.1) is 0 Å². The number of esters is 1. The van der Waals surface area contributed by atoms with Crippen LogP contribution in [0.1, 0.15) is 74.0 Å². The maximum absolute atomic E-state index is 14.7. The summed E-state index contributed by atoms with van der Waals surface area (Å²) in [7, 11) is -1.42. The molecule has 0 N–H and O–H groups in total. The molecule has 0 bridgehead atoms. The number of hydrogen-bond acceptors (Lipinski definition) is 8. The molecule has 11 heteroatoms. The molecule has 1 saturated heterocycles. The Morgan fingerprint density at radius 3 is 2.33 bits per heavy atom. The molecule has 43 heavy (non-hydrogen) atoms. The van der Waals surface area contributed by atoms with Crippen molar-refractivity contribution >= 4 is 33.0 Å². The predicted octanol–water partition coefficient (Wildman–Crippen LogP) is 5.85. The van der Waals surface area contributed by atoms with Gasteiger partial charge in [-0.1, -0.05) is 12.1 Å². The summed E-state index contributed by atoms with van der Waals surface area (Å²) >= 11 is 0. The molecule has 2 heterocycles. The maximum atomic E-state index is 14.7. The molecule has 2 aliphatic rings. The van der Waals surface area contributed by atoms with Crippen molar-refractivity contribution in [2.75, 3.05) is 27.4 Å². The fraction of sp³-hybridized carbons (Fsp3) is 0.500. The normalized spacial score (nSPS) is 19.8. The first-order valence-electron chi connectivity index (χ1n) is 14.6. The van der Waals surface area contributed by atoms with Crippen molar-refractivity contribution in [3.63, 3.8) is 0 Å². The molecule has 10 nitrogen and oxygen atoms in total. The molecule has 232 valence electrons. The van der Waals surface area contributed by atoms with E-state index >= 15 is 0 Å². The molecule has 2 fully saturated rings. The molecule has 0 spiro atoms. The SMILES string of the molecule is COC(=O)c1ccc([C@@H]2C[C@H](OCC3CC3)CCN2S(=O)(=O)c2c(OC)cc(C)c3c2ccn3C(=O)OC(C)(C)C)cc1. The number of sulfonamides is 1. The van der Waals surface area contributed by atoms with Crippen LogP contribution >= 0.6 is 0 Å². The number of carbonyl (C=O) groups excluding carboxylic acids is 2. The third-order valence-corrected chi connectivity index (χ3v) is 9.93. The second-order valence-corrected chi connectivity index (χ2v) is 14.1. The van der Waals surface area contributed by atoms with Gasteiger partial charge in [0.25, 0.3) is 0 Å². The lowest BCUT2D eigenvalue weighted by Crippen LogP contribution is -2.43. The van der Waals surface area contributed by atoms with Crippen LogP contribution in [0.4, 0.5) is 4.79 Å². The highest BCUT2D eigenvalue weighted by Gasteiger charge is 2.41. The fourth-order valence-electron chi connectivity index (χ4n) is 5.65. The molecule has 0 unspecified atom stereocenters. The smallest absolute Gasteiger partial charge is 0.419 e. The summed E-state index contributed by atoms with van der Waals surface area (Å²) < 4.78 is 54.5. The van der Waals surface area contributed by atoms with Crippen LogP contribution in [0.15, 0.2) is 47.5 Å². The Labute approximate surface area is 252 Å². The van der Waals surface area contributed by atoms with E-state index in [1.807, 2.05) is 0 Å². The standard InChI is InChI=1S/C32H40N2O8S/c1-20-17-27(39-5)29(25-14-15-33(28(20)25)31(36)42-32(2,3)4)43(37,38)34-16-13-24(41-19-21-7-8-21)18-26(34)22-9-11-23(12-10-22)30(35)40-6/h9-12,14-15,17,21,24,26H,7-8,13,16,18-19H2,1-6H3/t24-,26+/m1/s1. The minimum absolute atomic E-state index is 0.00793. The van der Waals surface area contributed by atoms with E-state index in [1.165, 1.54) is 29.3 Å². The number of methoxy groups -OCH3 is 2. The van der Waals surface area contributed by atoms with Gasteiger partial charge in [0.2, 0.25) is 10.0 Å². The number of piperidine rings is 1. The molecular weight excluding hydrogens is 572 g/mol. The number of benzene rings is 2. The van der Waals surface area contributed by atoms with E-state index in [9.17, 15) is 18.0 Å². The maximum Gasteiger partial charge on any atom is 0.419 e. The van der Waals surface area contributed by atoms with Crippen molar-refractivity contribution in [3.05, 3.63) is 59.3 Å². The van der Waals surface area contributed by atoms with E-state index in [-0.39, 0.29) is 23.3 Å². The van der Waals surface area contributed by atoms with Gasteiger partial charge in [0.15, 0.2) is 0 Å². The van der Waals surface area contributed by atoms with Crippen molar-refractivity contribution in [3.8, 4) is 5.75 Å². The first kappa shape index (κ1) is 31.0. The monoisotopic (exact) mass is 612 g/mol. The number of carbonyl (C=O) groups is 2. The molecule has 2 atom stereocenters. The van der Waals surface area contributed by atoms with Gasteiger partial charge >= 0.3 is 12.1 Å². The second kappa shape index (κ2) is 11.9. The molecule has 1 aliphatic heterocycles. The Kier molecular flexibility index (Phi) is 8.61. The van der Waals surface area contributed by atoms with Gasteiger partial charge in [0, 0.05) is 24.7 Å². The summed E-state index contributed by atoms with van der Waals surface area (Å²) in [6.45, 7) is 8.04. The van der Waals surface area contributed by atoms with E-state index < -0.39 is 33.7 Å². The molecule has 1 saturated carbocycles. The van der Waals surface area contributed by atoms with Crippen molar-refractivity contribution < 1.29 is 37.0 Å². The van der Waals surface area contributed by atoms with Gasteiger partial charge in [0.05, 0.1) is 37.4 Å². The fourth-order valence-corrected chi connectivity index (χ4v) is 7.61. The summed E-state index contributed by atoms with van der Waals surface area (Å²) in [6, 6.07) is 9.53. The summed E-state index contributed by atoms with van der Waals surface area (Å²) in [5.74, 6) is 0.309. The Morgan fingerprint density at radius 1 is 1.02 bits per heavy atom. The van der Waals surface area contributed by atoms with Crippen LogP contribution in [0.5, 0.6) is 5.75 Å². The zero-order chi connectivity index (χ0) is 31.1. The zero-order valence-electron chi connectivity index (χ0n) is 25.6. The lowest BCUT2D eigenvalue weighted by atomic mass is 9.94. The molecule has 2 aromatic carbocycles. The average Bonchev–Trinajstić information content (AvgIpc) is 3.69. The molecular formula is C32H40N2O8S. The van der Waals surface area contributed by atoms with E-state index in [1.54, 1.807) is 64.1 Å². The van der Waals surface area contributed by atoms with Gasteiger partial charge in [-0.3, -0.25) is 4.57 Å². The lowest BCUT2D eigenvalue weighted by Gasteiger charge is -2.39. The summed E-state index contributed by atoms with van der Waals surface area (Å²) in [5, 5.41) is 0.370. The van der Waals surface area contributed by atoms with E-state index in [0.717, 1.165) is 18.4 Å². The number of rotatable bonds is 8. The Morgan fingerprint density at radius 2 is 1.72 bits per heavy atom. The van der Waals surface area contributed by atoms with Gasteiger partial charge in [-0.25, -0.2) is 18.0 Å². The minimum atomic E-state index is -4.17. The lowest BCUT2D eigenvalue weighted by molar-refractivity contribution is -0.000996. The molecule has 3 aromatic rings. The van der Waals surface area contributed by atoms with Crippen LogP contribution < -0.4 is 4.74 Å². The van der Waals surface area contributed by atoms with Crippen LogP contribution in [-0.2, 0) is 24.2 Å². The van der Waals surface area contributed by atoms with E-state index in [4.69, 9.17) is 18.9 Å². The quantitative estimate of drug-likeness (QED) is 0.291. The van der Waals surface area contributed by atoms with Crippen LogP contribution in [0.2, 0.25) is 0 Å². The van der Waals surface area contributed by atoms with Crippen molar-refractivity contribution in [2.45, 2.75) is 76.0 Å². The van der Waals surface area contributed by atoms with Gasteiger partial charge in [-0.05, 0) is 94.7 Å². The molecule has 1 aromatic heterocycles. The summed E-state index contributed by atoms with van der Waals surface area (Å²) in [5.41, 5.74) is 1.50. The number of fused-ring (bicyclic) bond motifs is 1. The van der Waals surface area contributed by atoms with Crippen LogP contribution in [0.25, 0.3) is 10.9 Å². The Bertz CT molecular complexity index is 1620. The largest absolute Gasteiger partial charge is 0.495 e. The number of aromatic nitrogens is 1.